The molecule has 3 fully saturated rings. The van der Waals surface area contributed by atoms with Gasteiger partial charge < -0.3 is 10.6 Å². The molecule has 0 spiro atoms. The Morgan fingerprint density at radius 1 is 1.03 bits per heavy atom. The van der Waals surface area contributed by atoms with Crippen molar-refractivity contribution in [2.24, 2.45) is 24.6 Å². The molecule has 3 heterocycles. The lowest BCUT2D eigenvalue weighted by atomic mass is 9.83. The van der Waals surface area contributed by atoms with E-state index >= 15 is 0 Å². The molecule has 206 valence electrons. The van der Waals surface area contributed by atoms with E-state index in [4.69, 9.17) is 5.73 Å². The van der Waals surface area contributed by atoms with E-state index in [1.165, 1.54) is 29.4 Å². The number of aryl methyl sites for hydroxylation is 2. The van der Waals surface area contributed by atoms with Crippen LogP contribution >= 0.6 is 0 Å². The lowest BCUT2D eigenvalue weighted by Gasteiger charge is -2.36. The highest BCUT2D eigenvalue weighted by Crippen LogP contribution is 2.29. The van der Waals surface area contributed by atoms with Crippen LogP contribution in [0.25, 0.3) is 11.0 Å². The van der Waals surface area contributed by atoms with Crippen molar-refractivity contribution >= 4 is 28.8 Å². The zero-order valence-electron chi connectivity index (χ0n) is 22.5. The number of rotatable bonds is 7. The van der Waals surface area contributed by atoms with Crippen LogP contribution in [-0.4, -0.2) is 50.9 Å². The van der Waals surface area contributed by atoms with E-state index in [1.807, 2.05) is 23.1 Å². The largest absolute Gasteiger partial charge is 0.341 e. The number of carbonyl (C=O) groups excluding carboxylic acids is 3. The number of imidazole rings is 1. The van der Waals surface area contributed by atoms with Crippen LogP contribution in [0.2, 0.25) is 0 Å². The molecule has 1 unspecified atom stereocenters. The maximum atomic E-state index is 13.0. The number of nitrogens with zero attached hydrogens (tertiary/aromatic N) is 3. The quantitative estimate of drug-likeness (QED) is 0.541. The van der Waals surface area contributed by atoms with Gasteiger partial charge in [0.1, 0.15) is 6.04 Å². The molecule has 9 heteroatoms. The predicted octanol–water partition coefficient (Wildman–Crippen LogP) is 2.79. The number of imide groups is 1. The molecule has 2 atom stereocenters. The first kappa shape index (κ1) is 26.7. The molecule has 1 aliphatic carbocycles. The smallest absolute Gasteiger partial charge is 0.329 e. The number of nitrogens with one attached hydrogen (secondary N) is 1. The van der Waals surface area contributed by atoms with E-state index in [9.17, 15) is 19.2 Å². The van der Waals surface area contributed by atoms with Gasteiger partial charge in [-0.3, -0.25) is 28.8 Å². The standard InChI is InChI=1S/C29H41N5O4/c1-32-24-18-20(10-11-22(24)34(29(32)38)23-12-13-25(35)31-27(23)36)7-5-6-19-14-16-33(17-15-19)28(37)26(30)21-8-3-2-4-9-21/h10-11,18-19,21,23,26H,2-9,12-17,30H2,1H3,(H,31,35,36)/t23?,26-/m0/s1. The molecule has 2 aromatic rings. The Hall–Kier alpha value is -2.94. The SMILES string of the molecule is Cn1c(=O)n(C2CCC(=O)NC2=O)c2ccc(CCCC3CCN(C(=O)[C@@H](N)C4CCCCC4)CC3)cc21. The first-order valence-electron chi connectivity index (χ1n) is 14.4. The topological polar surface area (TPSA) is 119 Å². The fraction of sp³-hybridized carbons (Fsp3) is 0.655. The molecule has 3 aliphatic rings. The highest BCUT2D eigenvalue weighted by atomic mass is 16.2. The van der Waals surface area contributed by atoms with Crippen molar-refractivity contribution in [3.05, 3.63) is 34.2 Å². The van der Waals surface area contributed by atoms with E-state index < -0.39 is 11.9 Å². The minimum absolute atomic E-state index is 0.151. The van der Waals surface area contributed by atoms with Gasteiger partial charge in [-0.05, 0) is 80.9 Å². The van der Waals surface area contributed by atoms with Gasteiger partial charge in [0.15, 0.2) is 0 Å². The van der Waals surface area contributed by atoms with E-state index in [0.29, 0.717) is 18.3 Å². The molecule has 2 saturated heterocycles. The number of carbonyl (C=O) groups is 3. The van der Waals surface area contributed by atoms with E-state index in [1.54, 1.807) is 11.6 Å². The average molecular weight is 524 g/mol. The molecule has 3 N–H and O–H groups in total. The van der Waals surface area contributed by atoms with Crippen molar-refractivity contribution in [2.45, 2.75) is 89.1 Å². The fourth-order valence-corrected chi connectivity index (χ4v) is 6.74. The molecule has 1 aromatic heterocycles. The van der Waals surface area contributed by atoms with Crippen molar-refractivity contribution in [2.75, 3.05) is 13.1 Å². The zero-order chi connectivity index (χ0) is 26.8. The van der Waals surface area contributed by atoms with Gasteiger partial charge in [0, 0.05) is 26.6 Å². The minimum Gasteiger partial charge on any atom is -0.341 e. The molecule has 0 radical (unpaired) electrons. The van der Waals surface area contributed by atoms with Gasteiger partial charge in [0.05, 0.1) is 17.1 Å². The molecule has 1 saturated carbocycles. The number of hydrogen-bond donors (Lipinski definition) is 2. The summed E-state index contributed by atoms with van der Waals surface area (Å²) in [5.41, 5.74) is 8.82. The highest BCUT2D eigenvalue weighted by molar-refractivity contribution is 6.00. The summed E-state index contributed by atoms with van der Waals surface area (Å²) in [6, 6.07) is 5.02. The molecule has 0 bridgehead atoms. The number of amides is 3. The van der Waals surface area contributed by atoms with Gasteiger partial charge in [-0.2, -0.15) is 0 Å². The Labute approximate surface area is 223 Å². The second kappa shape index (κ2) is 11.4. The number of hydrogen-bond acceptors (Lipinski definition) is 5. The summed E-state index contributed by atoms with van der Waals surface area (Å²) in [5, 5.41) is 2.35. The van der Waals surface area contributed by atoms with Crippen LogP contribution in [-0.2, 0) is 27.9 Å². The van der Waals surface area contributed by atoms with Gasteiger partial charge >= 0.3 is 5.69 Å². The summed E-state index contributed by atoms with van der Waals surface area (Å²) in [6.45, 7) is 1.62. The maximum Gasteiger partial charge on any atom is 0.329 e. The molecular formula is C29H41N5O4. The van der Waals surface area contributed by atoms with Crippen molar-refractivity contribution in [1.82, 2.24) is 19.4 Å². The van der Waals surface area contributed by atoms with Gasteiger partial charge in [0.2, 0.25) is 17.7 Å². The summed E-state index contributed by atoms with van der Waals surface area (Å²) >= 11 is 0. The predicted molar refractivity (Wildman–Crippen MR) is 145 cm³/mol. The van der Waals surface area contributed by atoms with Crippen LogP contribution in [0.5, 0.6) is 0 Å². The van der Waals surface area contributed by atoms with Crippen LogP contribution < -0.4 is 16.7 Å². The van der Waals surface area contributed by atoms with Crippen molar-refractivity contribution in [1.29, 1.82) is 0 Å². The third-order valence-electron chi connectivity index (χ3n) is 9.12. The summed E-state index contributed by atoms with van der Waals surface area (Å²) in [7, 11) is 1.73. The average Bonchev–Trinajstić information content (AvgIpc) is 3.18. The molecule has 3 amide bonds. The Bertz CT molecular complexity index is 1250. The highest BCUT2D eigenvalue weighted by Gasteiger charge is 2.32. The number of aromatic nitrogens is 2. The molecule has 2 aliphatic heterocycles. The van der Waals surface area contributed by atoms with Crippen LogP contribution in [0.3, 0.4) is 0 Å². The Balaban J connectivity index is 1.14. The monoisotopic (exact) mass is 523 g/mol. The second-order valence-corrected chi connectivity index (χ2v) is 11.6. The normalized spacial score (nSPS) is 22.6. The zero-order valence-corrected chi connectivity index (χ0v) is 22.5. The number of fused-ring (bicyclic) bond motifs is 1. The Kier molecular flexibility index (Phi) is 8.02. The maximum absolute atomic E-state index is 13.0. The van der Waals surface area contributed by atoms with Crippen molar-refractivity contribution in [3.8, 4) is 0 Å². The molecular weight excluding hydrogens is 482 g/mol. The summed E-state index contributed by atoms with van der Waals surface area (Å²) in [6.07, 6.45) is 11.6. The third-order valence-corrected chi connectivity index (χ3v) is 9.12. The number of piperidine rings is 2. The third kappa shape index (κ3) is 5.44. The van der Waals surface area contributed by atoms with E-state index in [-0.39, 0.29) is 30.0 Å². The van der Waals surface area contributed by atoms with Crippen LogP contribution in [0.4, 0.5) is 0 Å². The van der Waals surface area contributed by atoms with Crippen molar-refractivity contribution < 1.29 is 14.4 Å². The van der Waals surface area contributed by atoms with Crippen LogP contribution in [0.1, 0.15) is 82.2 Å². The van der Waals surface area contributed by atoms with Gasteiger partial charge in [0.25, 0.3) is 0 Å². The first-order chi connectivity index (χ1) is 18.3. The Morgan fingerprint density at radius 2 is 1.76 bits per heavy atom. The van der Waals surface area contributed by atoms with Gasteiger partial charge in [-0.1, -0.05) is 25.3 Å². The second-order valence-electron chi connectivity index (χ2n) is 11.6. The van der Waals surface area contributed by atoms with Crippen LogP contribution in [0, 0.1) is 11.8 Å². The number of benzene rings is 1. The van der Waals surface area contributed by atoms with E-state index in [2.05, 4.69) is 5.32 Å². The number of likely N-dealkylation sites (tertiary alicyclic amines) is 1. The fourth-order valence-electron chi connectivity index (χ4n) is 6.74. The first-order valence-corrected chi connectivity index (χ1v) is 14.4. The van der Waals surface area contributed by atoms with E-state index in [0.717, 1.165) is 69.1 Å². The Morgan fingerprint density at radius 3 is 2.47 bits per heavy atom. The molecule has 5 rings (SSSR count). The summed E-state index contributed by atoms with van der Waals surface area (Å²) in [4.78, 5) is 51.9. The van der Waals surface area contributed by atoms with Gasteiger partial charge in [-0.25, -0.2) is 4.79 Å². The summed E-state index contributed by atoms with van der Waals surface area (Å²) in [5.74, 6) is 0.419. The van der Waals surface area contributed by atoms with Crippen molar-refractivity contribution in [3.63, 3.8) is 0 Å². The van der Waals surface area contributed by atoms with Gasteiger partial charge in [-0.15, -0.1) is 0 Å². The lowest BCUT2D eigenvalue weighted by molar-refractivity contribution is -0.136. The minimum atomic E-state index is -0.662. The molecule has 1 aromatic carbocycles. The van der Waals surface area contributed by atoms with Crippen LogP contribution in [0.15, 0.2) is 23.0 Å². The summed E-state index contributed by atoms with van der Waals surface area (Å²) < 4.78 is 3.11. The lowest BCUT2D eigenvalue weighted by Crippen LogP contribution is -2.50. The molecule has 9 nitrogen and oxygen atoms in total. The molecule has 38 heavy (non-hydrogen) atoms. The number of nitrogens with two attached hydrogens (primary N) is 1.